The highest BCUT2D eigenvalue weighted by molar-refractivity contribution is 5.52. The van der Waals surface area contributed by atoms with Gasteiger partial charge < -0.3 is 5.73 Å². The number of nitrogens with zero attached hydrogens (tertiary/aromatic N) is 2. The molecule has 0 saturated heterocycles. The number of rotatable bonds is 7. The smallest absolute Gasteiger partial charge is 0.269 e. The van der Waals surface area contributed by atoms with Crippen LogP contribution in [0.3, 0.4) is 0 Å². The second-order valence-electron chi connectivity index (χ2n) is 4.98. The van der Waals surface area contributed by atoms with E-state index < -0.39 is 0 Å². The van der Waals surface area contributed by atoms with Crippen molar-refractivity contribution in [3.05, 3.63) is 33.9 Å². The Bertz CT molecular complexity index is 435. The van der Waals surface area contributed by atoms with Crippen LogP contribution in [-0.2, 0) is 6.54 Å². The Kier molecular flexibility index (Phi) is 5.76. The Labute approximate surface area is 114 Å². The summed E-state index contributed by atoms with van der Waals surface area (Å²) < 4.78 is 0. The van der Waals surface area contributed by atoms with Gasteiger partial charge in [-0.15, -0.1) is 0 Å². The fourth-order valence-electron chi connectivity index (χ4n) is 1.96. The number of nitro groups is 1. The fourth-order valence-corrected chi connectivity index (χ4v) is 1.96. The molecule has 0 aliphatic rings. The summed E-state index contributed by atoms with van der Waals surface area (Å²) in [5, 5.41) is 10.8. The Morgan fingerprint density at radius 2 is 2.11 bits per heavy atom. The van der Waals surface area contributed by atoms with Gasteiger partial charge in [0.05, 0.1) is 4.92 Å². The molecular weight excluding hydrogens is 242 g/mol. The molecule has 5 nitrogen and oxygen atoms in total. The SMILES string of the molecule is CCC(C)CN(CC)Cc1cc([N+](=O)[O-])ccc1N. The van der Waals surface area contributed by atoms with Crippen LogP contribution in [0.5, 0.6) is 0 Å². The van der Waals surface area contributed by atoms with E-state index in [1.165, 1.54) is 6.07 Å². The Morgan fingerprint density at radius 3 is 2.63 bits per heavy atom. The lowest BCUT2D eigenvalue weighted by atomic mass is 10.1. The molecule has 0 aliphatic carbocycles. The zero-order chi connectivity index (χ0) is 14.4. The third-order valence-electron chi connectivity index (χ3n) is 3.45. The van der Waals surface area contributed by atoms with E-state index in [-0.39, 0.29) is 10.6 Å². The largest absolute Gasteiger partial charge is 0.398 e. The van der Waals surface area contributed by atoms with Crippen LogP contribution in [-0.4, -0.2) is 22.9 Å². The zero-order valence-electron chi connectivity index (χ0n) is 11.9. The van der Waals surface area contributed by atoms with Gasteiger partial charge >= 0.3 is 0 Å². The molecule has 5 heteroatoms. The van der Waals surface area contributed by atoms with Crippen LogP contribution in [0, 0.1) is 16.0 Å². The summed E-state index contributed by atoms with van der Waals surface area (Å²) in [5.74, 6) is 0.611. The number of hydrogen-bond acceptors (Lipinski definition) is 4. The van der Waals surface area contributed by atoms with E-state index in [4.69, 9.17) is 5.73 Å². The van der Waals surface area contributed by atoms with Gasteiger partial charge in [0.1, 0.15) is 0 Å². The number of hydrogen-bond donors (Lipinski definition) is 1. The number of anilines is 1. The van der Waals surface area contributed by atoms with E-state index in [2.05, 4.69) is 25.7 Å². The van der Waals surface area contributed by atoms with Gasteiger partial charge in [-0.2, -0.15) is 0 Å². The van der Waals surface area contributed by atoms with Crippen molar-refractivity contribution in [2.24, 2.45) is 5.92 Å². The summed E-state index contributed by atoms with van der Waals surface area (Å²) in [6, 6.07) is 4.64. The first-order valence-electron chi connectivity index (χ1n) is 6.73. The molecule has 106 valence electrons. The monoisotopic (exact) mass is 265 g/mol. The van der Waals surface area contributed by atoms with Crippen LogP contribution >= 0.6 is 0 Å². The molecule has 0 radical (unpaired) electrons. The lowest BCUT2D eigenvalue weighted by Crippen LogP contribution is -2.28. The van der Waals surface area contributed by atoms with E-state index in [9.17, 15) is 10.1 Å². The standard InChI is InChI=1S/C14H23N3O2/c1-4-11(3)9-16(5-2)10-12-8-13(17(18)19)6-7-14(12)15/h6-8,11H,4-5,9-10,15H2,1-3H3. The predicted octanol–water partition coefficient (Wildman–Crippen LogP) is 3.05. The number of non-ortho nitro benzene ring substituents is 1. The molecule has 0 saturated carbocycles. The quantitative estimate of drug-likeness (QED) is 0.467. The number of nitrogen functional groups attached to an aromatic ring is 1. The van der Waals surface area contributed by atoms with Gasteiger partial charge in [-0.3, -0.25) is 15.0 Å². The second kappa shape index (κ2) is 7.09. The third kappa shape index (κ3) is 4.52. The van der Waals surface area contributed by atoms with Crippen LogP contribution in [0.15, 0.2) is 18.2 Å². The Hall–Kier alpha value is -1.62. The van der Waals surface area contributed by atoms with Gasteiger partial charge in [0.15, 0.2) is 0 Å². The summed E-state index contributed by atoms with van der Waals surface area (Å²) in [6.07, 6.45) is 1.13. The van der Waals surface area contributed by atoms with E-state index >= 15 is 0 Å². The maximum Gasteiger partial charge on any atom is 0.269 e. The van der Waals surface area contributed by atoms with Gasteiger partial charge in [-0.1, -0.05) is 27.2 Å². The van der Waals surface area contributed by atoms with E-state index in [0.717, 1.165) is 25.1 Å². The minimum absolute atomic E-state index is 0.101. The zero-order valence-corrected chi connectivity index (χ0v) is 11.9. The molecule has 0 heterocycles. The van der Waals surface area contributed by atoms with E-state index in [1.54, 1.807) is 12.1 Å². The molecule has 0 amide bonds. The van der Waals surface area contributed by atoms with Crippen molar-refractivity contribution in [2.45, 2.75) is 33.7 Å². The fraction of sp³-hybridized carbons (Fsp3) is 0.571. The van der Waals surface area contributed by atoms with Crippen LogP contribution < -0.4 is 5.73 Å². The van der Waals surface area contributed by atoms with Gasteiger partial charge in [0.2, 0.25) is 0 Å². The molecular formula is C14H23N3O2. The van der Waals surface area contributed by atoms with Crippen molar-refractivity contribution in [3.8, 4) is 0 Å². The lowest BCUT2D eigenvalue weighted by molar-refractivity contribution is -0.384. The minimum atomic E-state index is -0.381. The van der Waals surface area contributed by atoms with Crippen molar-refractivity contribution in [1.82, 2.24) is 4.90 Å². The normalized spacial score (nSPS) is 12.6. The van der Waals surface area contributed by atoms with Crippen molar-refractivity contribution in [3.63, 3.8) is 0 Å². The molecule has 19 heavy (non-hydrogen) atoms. The first-order chi connectivity index (χ1) is 8.97. The summed E-state index contributed by atoms with van der Waals surface area (Å²) in [7, 11) is 0. The third-order valence-corrected chi connectivity index (χ3v) is 3.45. The highest BCUT2D eigenvalue weighted by Crippen LogP contribution is 2.21. The average molecular weight is 265 g/mol. The van der Waals surface area contributed by atoms with Gasteiger partial charge in [0, 0.05) is 30.9 Å². The van der Waals surface area contributed by atoms with Gasteiger partial charge in [-0.05, 0) is 24.1 Å². The van der Waals surface area contributed by atoms with Crippen molar-refractivity contribution in [2.75, 3.05) is 18.8 Å². The Balaban J connectivity index is 2.84. The Morgan fingerprint density at radius 1 is 1.42 bits per heavy atom. The summed E-state index contributed by atoms with van der Waals surface area (Å²) >= 11 is 0. The van der Waals surface area contributed by atoms with Crippen molar-refractivity contribution < 1.29 is 4.92 Å². The number of nitrogens with two attached hydrogens (primary N) is 1. The highest BCUT2D eigenvalue weighted by Gasteiger charge is 2.13. The minimum Gasteiger partial charge on any atom is -0.398 e. The molecule has 2 N–H and O–H groups in total. The van der Waals surface area contributed by atoms with Crippen molar-refractivity contribution in [1.29, 1.82) is 0 Å². The maximum absolute atomic E-state index is 10.8. The summed E-state index contributed by atoms with van der Waals surface area (Å²) in [6.45, 7) is 9.02. The van der Waals surface area contributed by atoms with E-state index in [0.29, 0.717) is 18.2 Å². The predicted molar refractivity (Wildman–Crippen MR) is 77.9 cm³/mol. The molecule has 0 spiro atoms. The first kappa shape index (κ1) is 15.4. The molecule has 1 rings (SSSR count). The van der Waals surface area contributed by atoms with E-state index in [1.807, 2.05) is 0 Å². The van der Waals surface area contributed by atoms with Crippen LogP contribution in [0.1, 0.15) is 32.8 Å². The summed E-state index contributed by atoms with van der Waals surface area (Å²) in [4.78, 5) is 12.7. The molecule has 1 atom stereocenters. The molecule has 1 aromatic carbocycles. The van der Waals surface area contributed by atoms with Crippen LogP contribution in [0.2, 0.25) is 0 Å². The second-order valence-corrected chi connectivity index (χ2v) is 4.98. The molecule has 0 aromatic heterocycles. The number of benzene rings is 1. The highest BCUT2D eigenvalue weighted by atomic mass is 16.6. The molecule has 1 unspecified atom stereocenters. The molecule has 0 bridgehead atoms. The molecule has 0 fully saturated rings. The first-order valence-corrected chi connectivity index (χ1v) is 6.73. The van der Waals surface area contributed by atoms with Gasteiger partial charge in [-0.25, -0.2) is 0 Å². The topological polar surface area (TPSA) is 72.4 Å². The lowest BCUT2D eigenvalue weighted by Gasteiger charge is -2.24. The molecule has 1 aromatic rings. The van der Waals surface area contributed by atoms with Gasteiger partial charge in [0.25, 0.3) is 5.69 Å². The molecule has 0 aliphatic heterocycles. The van der Waals surface area contributed by atoms with Crippen LogP contribution in [0.25, 0.3) is 0 Å². The number of nitro benzene ring substituents is 1. The van der Waals surface area contributed by atoms with Crippen molar-refractivity contribution >= 4 is 11.4 Å². The summed E-state index contributed by atoms with van der Waals surface area (Å²) in [5.41, 5.74) is 7.46. The average Bonchev–Trinajstić information content (AvgIpc) is 2.39. The van der Waals surface area contributed by atoms with Crippen LogP contribution in [0.4, 0.5) is 11.4 Å². The maximum atomic E-state index is 10.8.